The Morgan fingerprint density at radius 3 is 2.95 bits per heavy atom. The lowest BCUT2D eigenvalue weighted by atomic mass is 9.93. The van der Waals surface area contributed by atoms with E-state index in [9.17, 15) is 0 Å². The van der Waals surface area contributed by atoms with Crippen LogP contribution in [-0.2, 0) is 6.42 Å². The number of hydrogen-bond donors (Lipinski definition) is 1. The van der Waals surface area contributed by atoms with Crippen molar-refractivity contribution in [1.82, 2.24) is 14.6 Å². The van der Waals surface area contributed by atoms with Crippen molar-refractivity contribution in [2.45, 2.75) is 52.5 Å². The molecule has 4 heteroatoms. The molecule has 4 nitrogen and oxygen atoms in total. The molecule has 0 fully saturated rings. The summed E-state index contributed by atoms with van der Waals surface area (Å²) in [4.78, 5) is 4.92. The monoisotopic (exact) mass is 300 g/mol. The third kappa shape index (κ3) is 2.90. The van der Waals surface area contributed by atoms with Crippen LogP contribution in [0.25, 0.3) is 11.0 Å². The Kier molecular flexibility index (Phi) is 4.50. The summed E-state index contributed by atoms with van der Waals surface area (Å²) in [5.41, 5.74) is 3.70. The van der Waals surface area contributed by atoms with Gasteiger partial charge < -0.3 is 4.57 Å². The molecule has 2 unspecified atom stereocenters. The number of fused-ring (bicyclic) bond motifs is 3. The second-order valence-corrected chi connectivity index (χ2v) is 6.80. The molecule has 22 heavy (non-hydrogen) atoms. The molecule has 0 aliphatic carbocycles. The highest BCUT2D eigenvalue weighted by Gasteiger charge is 2.26. The average Bonchev–Trinajstić information content (AvgIpc) is 2.81. The van der Waals surface area contributed by atoms with Crippen molar-refractivity contribution in [2.75, 3.05) is 13.1 Å². The van der Waals surface area contributed by atoms with Gasteiger partial charge in [-0.1, -0.05) is 26.3 Å². The molecule has 1 aromatic carbocycles. The molecule has 0 saturated carbocycles. The van der Waals surface area contributed by atoms with Crippen LogP contribution < -0.4 is 5.84 Å². The lowest BCUT2D eigenvalue weighted by Crippen LogP contribution is -2.38. The second kappa shape index (κ2) is 6.39. The van der Waals surface area contributed by atoms with E-state index in [0.29, 0.717) is 12.0 Å². The maximum atomic E-state index is 6.11. The standard InChI is InChI=1S/C18H28N4/c1-4-5-14(3)16-8-10-21(19)11-9-18-20-15-12-13(2)6-7-17(15)22(16)18/h6-7,12,14,16H,4-5,8-11,19H2,1-3H3. The lowest BCUT2D eigenvalue weighted by Gasteiger charge is -2.31. The smallest absolute Gasteiger partial charge is 0.111 e. The van der Waals surface area contributed by atoms with Gasteiger partial charge in [0.25, 0.3) is 0 Å². The predicted molar refractivity (Wildman–Crippen MR) is 91.7 cm³/mol. The fourth-order valence-corrected chi connectivity index (χ4v) is 3.77. The fraction of sp³-hybridized carbons (Fsp3) is 0.611. The van der Waals surface area contributed by atoms with E-state index in [0.717, 1.165) is 31.4 Å². The highest BCUT2D eigenvalue weighted by atomic mass is 15.4. The number of rotatable bonds is 3. The molecule has 1 aliphatic heterocycles. The molecule has 3 rings (SSSR count). The Hall–Kier alpha value is -1.39. The maximum Gasteiger partial charge on any atom is 0.111 e. The number of benzene rings is 1. The SMILES string of the molecule is CCCC(C)C1CCN(N)CCc2nc3cc(C)ccc3n21. The second-order valence-electron chi connectivity index (χ2n) is 6.80. The van der Waals surface area contributed by atoms with Gasteiger partial charge in [-0.2, -0.15) is 0 Å². The summed E-state index contributed by atoms with van der Waals surface area (Å²) in [7, 11) is 0. The molecule has 0 saturated heterocycles. The molecule has 120 valence electrons. The van der Waals surface area contributed by atoms with Gasteiger partial charge in [-0.25, -0.2) is 9.99 Å². The van der Waals surface area contributed by atoms with Crippen LogP contribution in [0.3, 0.4) is 0 Å². The lowest BCUT2D eigenvalue weighted by molar-refractivity contribution is 0.212. The van der Waals surface area contributed by atoms with Crippen LogP contribution in [0.2, 0.25) is 0 Å². The zero-order chi connectivity index (χ0) is 15.7. The van der Waals surface area contributed by atoms with Gasteiger partial charge in [-0.3, -0.25) is 5.84 Å². The first-order chi connectivity index (χ1) is 10.6. The van der Waals surface area contributed by atoms with Gasteiger partial charge in [0.15, 0.2) is 0 Å². The summed E-state index contributed by atoms with van der Waals surface area (Å²) in [5.74, 6) is 7.96. The zero-order valence-corrected chi connectivity index (χ0v) is 14.0. The van der Waals surface area contributed by atoms with Crippen LogP contribution in [0.15, 0.2) is 18.2 Å². The maximum absolute atomic E-state index is 6.11. The van der Waals surface area contributed by atoms with Crippen molar-refractivity contribution in [3.63, 3.8) is 0 Å². The summed E-state index contributed by atoms with van der Waals surface area (Å²) in [6.07, 6.45) is 4.51. The van der Waals surface area contributed by atoms with Gasteiger partial charge in [-0.15, -0.1) is 0 Å². The predicted octanol–water partition coefficient (Wildman–Crippen LogP) is 3.44. The van der Waals surface area contributed by atoms with E-state index in [-0.39, 0.29) is 0 Å². The zero-order valence-electron chi connectivity index (χ0n) is 14.0. The Balaban J connectivity index is 2.10. The van der Waals surface area contributed by atoms with Gasteiger partial charge in [0, 0.05) is 25.6 Å². The van der Waals surface area contributed by atoms with E-state index < -0.39 is 0 Å². The third-order valence-electron chi connectivity index (χ3n) is 4.99. The van der Waals surface area contributed by atoms with Crippen LogP contribution in [0.1, 0.15) is 50.5 Å². The molecule has 0 amide bonds. The molecule has 1 aliphatic rings. The average molecular weight is 300 g/mol. The topological polar surface area (TPSA) is 47.1 Å². The quantitative estimate of drug-likeness (QED) is 0.883. The Bertz CT molecular complexity index is 646. The summed E-state index contributed by atoms with van der Waals surface area (Å²) in [6, 6.07) is 7.14. The molecular formula is C18H28N4. The third-order valence-corrected chi connectivity index (χ3v) is 4.99. The minimum atomic E-state index is 0.494. The highest BCUT2D eigenvalue weighted by molar-refractivity contribution is 5.77. The number of hydrazine groups is 1. The molecule has 0 bridgehead atoms. The van der Waals surface area contributed by atoms with E-state index in [4.69, 9.17) is 10.8 Å². The van der Waals surface area contributed by atoms with Crippen molar-refractivity contribution in [3.05, 3.63) is 29.6 Å². The molecule has 2 aromatic rings. The minimum absolute atomic E-state index is 0.494. The summed E-state index contributed by atoms with van der Waals surface area (Å²) in [6.45, 7) is 8.63. The molecule has 0 radical (unpaired) electrons. The number of aromatic nitrogens is 2. The summed E-state index contributed by atoms with van der Waals surface area (Å²) in [5, 5.41) is 1.96. The first-order valence-electron chi connectivity index (χ1n) is 8.57. The first kappa shape index (κ1) is 15.5. The minimum Gasteiger partial charge on any atom is -0.325 e. The van der Waals surface area contributed by atoms with E-state index in [1.165, 1.54) is 29.7 Å². The largest absolute Gasteiger partial charge is 0.325 e. The van der Waals surface area contributed by atoms with Crippen LogP contribution in [0.4, 0.5) is 0 Å². The highest BCUT2D eigenvalue weighted by Crippen LogP contribution is 2.32. The number of nitrogens with two attached hydrogens (primary N) is 1. The first-order valence-corrected chi connectivity index (χ1v) is 8.57. The van der Waals surface area contributed by atoms with Gasteiger partial charge in [-0.05, 0) is 43.4 Å². The molecule has 2 N–H and O–H groups in total. The van der Waals surface area contributed by atoms with Crippen molar-refractivity contribution >= 4 is 11.0 Å². The Labute approximate surface area is 133 Å². The van der Waals surface area contributed by atoms with E-state index in [1.54, 1.807) is 0 Å². The van der Waals surface area contributed by atoms with Crippen molar-refractivity contribution in [1.29, 1.82) is 0 Å². The van der Waals surface area contributed by atoms with Crippen molar-refractivity contribution < 1.29 is 0 Å². The van der Waals surface area contributed by atoms with E-state index >= 15 is 0 Å². The number of hydrogen-bond acceptors (Lipinski definition) is 3. The Morgan fingerprint density at radius 2 is 2.18 bits per heavy atom. The number of nitrogens with zero attached hydrogens (tertiary/aromatic N) is 3. The van der Waals surface area contributed by atoms with Crippen LogP contribution in [0, 0.1) is 12.8 Å². The normalized spacial score (nSPS) is 21.4. The molecule has 0 spiro atoms. The molecule has 2 atom stereocenters. The molecular weight excluding hydrogens is 272 g/mol. The van der Waals surface area contributed by atoms with Crippen molar-refractivity contribution in [3.8, 4) is 0 Å². The van der Waals surface area contributed by atoms with Gasteiger partial charge in [0.1, 0.15) is 5.82 Å². The van der Waals surface area contributed by atoms with Crippen LogP contribution >= 0.6 is 0 Å². The van der Waals surface area contributed by atoms with Crippen molar-refractivity contribution in [2.24, 2.45) is 11.8 Å². The van der Waals surface area contributed by atoms with Crippen LogP contribution in [-0.4, -0.2) is 27.6 Å². The fourth-order valence-electron chi connectivity index (χ4n) is 3.77. The van der Waals surface area contributed by atoms with Gasteiger partial charge >= 0.3 is 0 Å². The summed E-state index contributed by atoms with van der Waals surface area (Å²) < 4.78 is 2.52. The number of aryl methyl sites for hydroxylation is 1. The van der Waals surface area contributed by atoms with E-state index in [1.807, 2.05) is 5.01 Å². The van der Waals surface area contributed by atoms with Gasteiger partial charge in [0.2, 0.25) is 0 Å². The molecule has 1 aromatic heterocycles. The number of imidazole rings is 1. The summed E-state index contributed by atoms with van der Waals surface area (Å²) >= 11 is 0. The van der Waals surface area contributed by atoms with Crippen LogP contribution in [0.5, 0.6) is 0 Å². The van der Waals surface area contributed by atoms with Gasteiger partial charge in [0.05, 0.1) is 11.0 Å². The Morgan fingerprint density at radius 1 is 1.36 bits per heavy atom. The van der Waals surface area contributed by atoms with E-state index in [2.05, 4.69) is 43.5 Å². The molecule has 2 heterocycles.